The molecule has 0 aromatic heterocycles. The van der Waals surface area contributed by atoms with Crippen LogP contribution in [0.3, 0.4) is 0 Å². The molecule has 1 rings (SSSR count). The lowest BCUT2D eigenvalue weighted by atomic mass is 9.68. The van der Waals surface area contributed by atoms with Crippen LogP contribution in [0.5, 0.6) is 0 Å². The lowest BCUT2D eigenvalue weighted by Gasteiger charge is -2.44. The molecule has 3 heteroatoms. The van der Waals surface area contributed by atoms with Crippen molar-refractivity contribution < 1.29 is 9.53 Å². The highest BCUT2D eigenvalue weighted by Crippen LogP contribution is 2.38. The topological polar surface area (TPSA) is 38.3 Å². The molecular weight excluding hydrogens is 202 g/mol. The lowest BCUT2D eigenvalue weighted by Crippen LogP contribution is -2.53. The van der Waals surface area contributed by atoms with E-state index in [0.29, 0.717) is 18.9 Å². The van der Waals surface area contributed by atoms with E-state index in [1.807, 2.05) is 14.0 Å². The third-order valence-corrected chi connectivity index (χ3v) is 4.05. The summed E-state index contributed by atoms with van der Waals surface area (Å²) in [5.74, 6) is 1.24. The summed E-state index contributed by atoms with van der Waals surface area (Å²) in [5, 5.41) is 3.38. The summed E-state index contributed by atoms with van der Waals surface area (Å²) in [6.45, 7) is 6.87. The summed E-state index contributed by atoms with van der Waals surface area (Å²) in [6, 6.07) is 0. The minimum atomic E-state index is -0.0711. The van der Waals surface area contributed by atoms with Gasteiger partial charge in [-0.15, -0.1) is 0 Å². The molecule has 0 aromatic rings. The average Bonchev–Trinajstić information content (AvgIpc) is 2.23. The van der Waals surface area contributed by atoms with Crippen LogP contribution in [0.4, 0.5) is 0 Å². The largest absolute Gasteiger partial charge is 0.466 e. The third kappa shape index (κ3) is 2.97. The van der Waals surface area contributed by atoms with Crippen LogP contribution in [0, 0.1) is 11.8 Å². The summed E-state index contributed by atoms with van der Waals surface area (Å²) in [6.07, 6.45) is 3.97. The van der Waals surface area contributed by atoms with Gasteiger partial charge in [-0.3, -0.25) is 4.79 Å². The van der Waals surface area contributed by atoms with Gasteiger partial charge in [0.1, 0.15) is 0 Å². The van der Waals surface area contributed by atoms with Gasteiger partial charge in [-0.1, -0.05) is 13.8 Å². The molecule has 0 aromatic carbocycles. The summed E-state index contributed by atoms with van der Waals surface area (Å²) in [7, 11) is 1.96. The molecule has 3 unspecified atom stereocenters. The fourth-order valence-corrected chi connectivity index (χ4v) is 2.89. The Bertz CT molecular complexity index is 242. The van der Waals surface area contributed by atoms with Gasteiger partial charge in [-0.2, -0.15) is 0 Å². The smallest absolute Gasteiger partial charge is 0.307 e. The molecule has 0 radical (unpaired) electrons. The van der Waals surface area contributed by atoms with Crippen molar-refractivity contribution in [3.8, 4) is 0 Å². The Balaban J connectivity index is 2.65. The molecule has 1 aliphatic carbocycles. The van der Waals surface area contributed by atoms with E-state index in [-0.39, 0.29) is 11.5 Å². The Morgan fingerprint density at radius 1 is 1.50 bits per heavy atom. The van der Waals surface area contributed by atoms with Crippen LogP contribution in [-0.2, 0) is 9.53 Å². The second-order valence-electron chi connectivity index (χ2n) is 5.17. The van der Waals surface area contributed by atoms with Gasteiger partial charge in [0.2, 0.25) is 0 Å². The lowest BCUT2D eigenvalue weighted by molar-refractivity contribution is -0.146. The number of ether oxygens (including phenoxy) is 1. The molecule has 3 nitrogen and oxygen atoms in total. The van der Waals surface area contributed by atoms with Crippen molar-refractivity contribution in [3.05, 3.63) is 0 Å². The van der Waals surface area contributed by atoms with Gasteiger partial charge >= 0.3 is 5.97 Å². The minimum absolute atomic E-state index is 0.0429. The van der Waals surface area contributed by atoms with Crippen LogP contribution in [0.1, 0.15) is 46.5 Å². The first-order valence-electron chi connectivity index (χ1n) is 6.38. The molecule has 1 fully saturated rings. The van der Waals surface area contributed by atoms with Gasteiger partial charge in [0, 0.05) is 5.54 Å². The van der Waals surface area contributed by atoms with Crippen molar-refractivity contribution in [1.29, 1.82) is 0 Å². The Hall–Kier alpha value is -0.570. The Labute approximate surface area is 98.9 Å². The van der Waals surface area contributed by atoms with Crippen LogP contribution >= 0.6 is 0 Å². The zero-order valence-corrected chi connectivity index (χ0v) is 11.0. The number of rotatable bonds is 4. The van der Waals surface area contributed by atoms with Gasteiger partial charge < -0.3 is 10.1 Å². The van der Waals surface area contributed by atoms with Gasteiger partial charge in [-0.05, 0) is 45.1 Å². The van der Waals surface area contributed by atoms with Gasteiger partial charge in [0.05, 0.1) is 13.0 Å². The Morgan fingerprint density at radius 2 is 2.19 bits per heavy atom. The summed E-state index contributed by atoms with van der Waals surface area (Å²) < 4.78 is 5.07. The first-order chi connectivity index (χ1) is 7.54. The van der Waals surface area contributed by atoms with Gasteiger partial charge in [0.25, 0.3) is 0 Å². The molecule has 0 spiro atoms. The maximum absolute atomic E-state index is 11.6. The third-order valence-electron chi connectivity index (χ3n) is 4.05. The normalized spacial score (nSPS) is 34.8. The van der Waals surface area contributed by atoms with E-state index in [1.165, 1.54) is 12.8 Å². The van der Waals surface area contributed by atoms with E-state index >= 15 is 0 Å². The van der Waals surface area contributed by atoms with Crippen LogP contribution in [0.2, 0.25) is 0 Å². The molecule has 94 valence electrons. The zero-order chi connectivity index (χ0) is 12.2. The highest BCUT2D eigenvalue weighted by Gasteiger charge is 2.40. The molecule has 1 aliphatic rings. The van der Waals surface area contributed by atoms with Crippen molar-refractivity contribution in [1.82, 2.24) is 5.32 Å². The van der Waals surface area contributed by atoms with E-state index < -0.39 is 0 Å². The first kappa shape index (κ1) is 13.5. The number of nitrogens with one attached hydrogen (secondary N) is 1. The molecule has 1 saturated carbocycles. The molecule has 0 heterocycles. The molecule has 1 N–H and O–H groups in total. The van der Waals surface area contributed by atoms with Crippen LogP contribution in [-0.4, -0.2) is 25.2 Å². The quantitative estimate of drug-likeness (QED) is 0.749. The van der Waals surface area contributed by atoms with Crippen LogP contribution in [0.25, 0.3) is 0 Å². The van der Waals surface area contributed by atoms with Crippen molar-refractivity contribution >= 4 is 5.97 Å². The molecule has 0 aliphatic heterocycles. The second kappa shape index (κ2) is 5.67. The molecule has 0 amide bonds. The first-order valence-corrected chi connectivity index (χ1v) is 6.38. The SMILES string of the molecule is CCOC(=O)CC1(NC)CCC(C)CC1C. The number of carbonyl (C=O) groups is 1. The fraction of sp³-hybridized carbons (Fsp3) is 0.923. The Kier molecular flexibility index (Phi) is 4.78. The summed E-state index contributed by atoms with van der Waals surface area (Å²) in [4.78, 5) is 11.6. The maximum Gasteiger partial charge on any atom is 0.307 e. The van der Waals surface area contributed by atoms with Gasteiger partial charge in [-0.25, -0.2) is 0 Å². The average molecular weight is 227 g/mol. The predicted octanol–water partition coefficient (Wildman–Crippen LogP) is 2.35. The van der Waals surface area contributed by atoms with Crippen molar-refractivity contribution in [2.45, 2.75) is 52.0 Å². The molecule has 0 saturated heterocycles. The second-order valence-corrected chi connectivity index (χ2v) is 5.17. The zero-order valence-electron chi connectivity index (χ0n) is 11.0. The molecule has 0 bridgehead atoms. The standard InChI is InChI=1S/C13H25NO2/c1-5-16-12(15)9-13(14-4)7-6-10(2)8-11(13)3/h10-11,14H,5-9H2,1-4H3. The highest BCUT2D eigenvalue weighted by atomic mass is 16.5. The monoisotopic (exact) mass is 227 g/mol. The van der Waals surface area contributed by atoms with Crippen molar-refractivity contribution in [3.63, 3.8) is 0 Å². The van der Waals surface area contributed by atoms with E-state index in [1.54, 1.807) is 0 Å². The van der Waals surface area contributed by atoms with E-state index in [9.17, 15) is 4.79 Å². The minimum Gasteiger partial charge on any atom is -0.466 e. The fourth-order valence-electron chi connectivity index (χ4n) is 2.89. The van der Waals surface area contributed by atoms with E-state index in [0.717, 1.165) is 12.3 Å². The summed E-state index contributed by atoms with van der Waals surface area (Å²) in [5.41, 5.74) is -0.0429. The Morgan fingerprint density at radius 3 is 2.69 bits per heavy atom. The molecule has 3 atom stereocenters. The van der Waals surface area contributed by atoms with Gasteiger partial charge in [0.15, 0.2) is 0 Å². The van der Waals surface area contributed by atoms with Crippen molar-refractivity contribution in [2.75, 3.05) is 13.7 Å². The molecular formula is C13H25NO2. The van der Waals surface area contributed by atoms with Crippen LogP contribution < -0.4 is 5.32 Å². The molecule has 16 heavy (non-hydrogen) atoms. The number of hydrogen-bond acceptors (Lipinski definition) is 3. The van der Waals surface area contributed by atoms with E-state index in [4.69, 9.17) is 4.74 Å². The highest BCUT2D eigenvalue weighted by molar-refractivity contribution is 5.71. The maximum atomic E-state index is 11.6. The predicted molar refractivity (Wildman–Crippen MR) is 65.2 cm³/mol. The number of esters is 1. The number of hydrogen-bond donors (Lipinski definition) is 1. The number of carbonyl (C=O) groups excluding carboxylic acids is 1. The van der Waals surface area contributed by atoms with Crippen molar-refractivity contribution in [2.24, 2.45) is 11.8 Å². The van der Waals surface area contributed by atoms with Crippen LogP contribution in [0.15, 0.2) is 0 Å². The summed E-state index contributed by atoms with van der Waals surface area (Å²) >= 11 is 0. The van der Waals surface area contributed by atoms with E-state index in [2.05, 4.69) is 19.2 Å².